The van der Waals surface area contributed by atoms with Crippen molar-refractivity contribution in [2.75, 3.05) is 18.0 Å². The Morgan fingerprint density at radius 1 is 1.21 bits per heavy atom. The highest BCUT2D eigenvalue weighted by molar-refractivity contribution is 5.90. The number of para-hydroxylation sites is 2. The second-order valence-electron chi connectivity index (χ2n) is 6.83. The molecule has 0 unspecified atom stereocenters. The van der Waals surface area contributed by atoms with Gasteiger partial charge in [-0.15, -0.1) is 0 Å². The molecule has 0 radical (unpaired) electrons. The maximum absolute atomic E-state index is 11.6. The molecule has 0 amide bonds. The van der Waals surface area contributed by atoms with Crippen LogP contribution in [0.4, 0.5) is 11.4 Å². The summed E-state index contributed by atoms with van der Waals surface area (Å²) in [5.74, 6) is 0.450. The normalized spacial score (nSPS) is 14.3. The molecule has 4 rings (SSSR count). The monoisotopic (exact) mass is 408 g/mol. The second kappa shape index (κ2) is 8.76. The molecular formula is C21H19ClN5O2-. The number of allylic oxidation sites excluding steroid dienone is 1. The molecular weight excluding hydrogens is 390 g/mol. The Balaban J connectivity index is 0.00000240. The van der Waals surface area contributed by atoms with Crippen LogP contribution in [0.5, 0.6) is 0 Å². The number of hydrogen-bond donors (Lipinski definition) is 1. The quantitative estimate of drug-likeness (QED) is 0.401. The fourth-order valence-electron chi connectivity index (χ4n) is 3.58. The van der Waals surface area contributed by atoms with Crippen molar-refractivity contribution in [1.29, 1.82) is 5.26 Å². The van der Waals surface area contributed by atoms with E-state index in [-0.39, 0.29) is 23.0 Å². The van der Waals surface area contributed by atoms with Crippen molar-refractivity contribution in [3.63, 3.8) is 0 Å². The minimum atomic E-state index is -0.353. The highest BCUT2D eigenvalue weighted by atomic mass is 35.5. The maximum atomic E-state index is 11.6. The van der Waals surface area contributed by atoms with Crippen LogP contribution in [0.3, 0.4) is 0 Å². The summed E-state index contributed by atoms with van der Waals surface area (Å²) in [4.78, 5) is 20.9. The van der Waals surface area contributed by atoms with Gasteiger partial charge in [0.05, 0.1) is 21.5 Å². The van der Waals surface area contributed by atoms with Gasteiger partial charge >= 0.3 is 0 Å². The van der Waals surface area contributed by atoms with Crippen molar-refractivity contribution in [3.05, 3.63) is 64.0 Å². The largest absolute Gasteiger partial charge is 1.00 e. The van der Waals surface area contributed by atoms with E-state index in [1.165, 1.54) is 6.07 Å². The van der Waals surface area contributed by atoms with Crippen molar-refractivity contribution in [2.45, 2.75) is 19.3 Å². The Morgan fingerprint density at radius 3 is 2.66 bits per heavy atom. The van der Waals surface area contributed by atoms with Crippen LogP contribution < -0.4 is 17.3 Å². The highest BCUT2D eigenvalue weighted by Gasteiger charge is 2.21. The SMILES string of the molecule is N#C/C(=C\c1ccc(N2CCCCC2)c([N+](=O)[O-])c1)c1nc2ccccc2[nH]1.[Cl-]. The number of nitrogens with zero attached hydrogens (tertiary/aromatic N) is 4. The van der Waals surface area contributed by atoms with Gasteiger partial charge in [-0.25, -0.2) is 4.98 Å². The number of anilines is 1. The van der Waals surface area contributed by atoms with Crippen molar-refractivity contribution >= 4 is 34.1 Å². The predicted molar refractivity (Wildman–Crippen MR) is 109 cm³/mol. The van der Waals surface area contributed by atoms with Gasteiger partial charge in [0.2, 0.25) is 0 Å². The summed E-state index contributed by atoms with van der Waals surface area (Å²) in [5, 5.41) is 21.2. The number of hydrogen-bond acceptors (Lipinski definition) is 5. The number of nitrogens with one attached hydrogen (secondary N) is 1. The lowest BCUT2D eigenvalue weighted by molar-refractivity contribution is -0.384. The van der Waals surface area contributed by atoms with Crippen molar-refractivity contribution < 1.29 is 17.3 Å². The lowest BCUT2D eigenvalue weighted by Crippen LogP contribution is -3.00. The van der Waals surface area contributed by atoms with Gasteiger partial charge in [-0.1, -0.05) is 18.2 Å². The summed E-state index contributed by atoms with van der Waals surface area (Å²) in [5.41, 5.74) is 3.25. The van der Waals surface area contributed by atoms with E-state index in [1.807, 2.05) is 30.3 Å². The number of piperidine rings is 1. The van der Waals surface area contributed by atoms with Crippen LogP contribution >= 0.6 is 0 Å². The van der Waals surface area contributed by atoms with Crippen LogP contribution in [0.2, 0.25) is 0 Å². The molecule has 3 aromatic rings. The minimum absolute atomic E-state index is 0. The van der Waals surface area contributed by atoms with E-state index in [4.69, 9.17) is 0 Å². The number of rotatable bonds is 4. The molecule has 2 aromatic carbocycles. The minimum Gasteiger partial charge on any atom is -1.00 e. The Labute approximate surface area is 174 Å². The number of aromatic nitrogens is 2. The number of imidazole rings is 1. The fraction of sp³-hybridized carbons (Fsp3) is 0.238. The van der Waals surface area contributed by atoms with Gasteiger partial charge in [-0.2, -0.15) is 5.26 Å². The van der Waals surface area contributed by atoms with Gasteiger partial charge in [-0.05, 0) is 49.1 Å². The molecule has 1 aromatic heterocycles. The first-order valence-corrected chi connectivity index (χ1v) is 9.26. The van der Waals surface area contributed by atoms with E-state index < -0.39 is 0 Å². The number of nitriles is 1. The van der Waals surface area contributed by atoms with Gasteiger partial charge in [0.15, 0.2) is 0 Å². The summed E-state index contributed by atoms with van der Waals surface area (Å²) >= 11 is 0. The number of fused-ring (bicyclic) bond motifs is 1. The van der Waals surface area contributed by atoms with Crippen LogP contribution in [-0.4, -0.2) is 28.0 Å². The van der Waals surface area contributed by atoms with Gasteiger partial charge in [-0.3, -0.25) is 10.1 Å². The molecule has 2 heterocycles. The molecule has 0 atom stereocenters. The number of halogens is 1. The van der Waals surface area contributed by atoms with E-state index in [1.54, 1.807) is 12.1 Å². The standard InChI is InChI=1S/C21H19N5O2.ClH/c22-14-16(21-23-17-6-2-3-7-18(17)24-21)12-15-8-9-19(20(13-15)26(27)28)25-10-4-1-5-11-25;/h2-3,6-9,12-13H,1,4-5,10-11H2,(H,23,24);1H/p-1/b16-12+;. The van der Waals surface area contributed by atoms with E-state index in [0.717, 1.165) is 43.4 Å². The van der Waals surface area contributed by atoms with Crippen LogP contribution in [0.1, 0.15) is 30.7 Å². The first-order valence-electron chi connectivity index (χ1n) is 9.26. The van der Waals surface area contributed by atoms with Crippen LogP contribution in [-0.2, 0) is 0 Å². The Bertz CT molecular complexity index is 1080. The zero-order valence-corrected chi connectivity index (χ0v) is 16.4. The molecule has 148 valence electrons. The van der Waals surface area contributed by atoms with Crippen molar-refractivity contribution in [1.82, 2.24) is 9.97 Å². The topological polar surface area (TPSA) is 98.8 Å². The van der Waals surface area contributed by atoms with Crippen LogP contribution in [0, 0.1) is 21.4 Å². The van der Waals surface area contributed by atoms with Gasteiger partial charge < -0.3 is 22.3 Å². The molecule has 1 saturated heterocycles. The van der Waals surface area contributed by atoms with E-state index >= 15 is 0 Å². The fourth-order valence-corrected chi connectivity index (χ4v) is 3.58. The lowest BCUT2D eigenvalue weighted by atomic mass is 10.1. The molecule has 0 bridgehead atoms. The van der Waals surface area contributed by atoms with Crippen molar-refractivity contribution in [2.24, 2.45) is 0 Å². The lowest BCUT2D eigenvalue weighted by Gasteiger charge is -2.28. The number of benzene rings is 2. The second-order valence-corrected chi connectivity index (χ2v) is 6.83. The average Bonchev–Trinajstić information content (AvgIpc) is 3.16. The van der Waals surface area contributed by atoms with Crippen LogP contribution in [0.15, 0.2) is 42.5 Å². The summed E-state index contributed by atoms with van der Waals surface area (Å²) in [6.07, 6.45) is 4.88. The van der Waals surface area contributed by atoms with E-state index in [2.05, 4.69) is 20.9 Å². The third kappa shape index (κ3) is 4.23. The molecule has 1 aliphatic heterocycles. The Morgan fingerprint density at radius 2 is 1.97 bits per heavy atom. The van der Waals surface area contributed by atoms with E-state index in [0.29, 0.717) is 22.6 Å². The average molecular weight is 409 g/mol. The zero-order chi connectivity index (χ0) is 19.5. The third-order valence-corrected chi connectivity index (χ3v) is 4.97. The number of nitro benzene ring substituents is 1. The smallest absolute Gasteiger partial charge is 0.293 e. The Hall–Kier alpha value is -3.37. The van der Waals surface area contributed by atoms with Gasteiger partial charge in [0, 0.05) is 19.2 Å². The molecule has 8 heteroatoms. The van der Waals surface area contributed by atoms with Crippen molar-refractivity contribution in [3.8, 4) is 6.07 Å². The molecule has 7 nitrogen and oxygen atoms in total. The number of nitro groups is 1. The zero-order valence-electron chi connectivity index (χ0n) is 15.6. The molecule has 0 aliphatic carbocycles. The highest BCUT2D eigenvalue weighted by Crippen LogP contribution is 2.32. The maximum Gasteiger partial charge on any atom is 0.293 e. The van der Waals surface area contributed by atoms with Crippen LogP contribution in [0.25, 0.3) is 22.7 Å². The molecule has 29 heavy (non-hydrogen) atoms. The first kappa shape index (κ1) is 20.4. The summed E-state index contributed by atoms with van der Waals surface area (Å²) in [7, 11) is 0. The molecule has 0 saturated carbocycles. The van der Waals surface area contributed by atoms with E-state index in [9.17, 15) is 15.4 Å². The molecule has 1 fully saturated rings. The summed E-state index contributed by atoms with van der Waals surface area (Å²) in [6.45, 7) is 1.66. The van der Waals surface area contributed by atoms with Gasteiger partial charge in [0.25, 0.3) is 5.69 Å². The summed E-state index contributed by atoms with van der Waals surface area (Å²) < 4.78 is 0. The molecule has 1 N–H and O–H groups in total. The molecule has 0 spiro atoms. The predicted octanol–water partition coefficient (Wildman–Crippen LogP) is 1.53. The van der Waals surface area contributed by atoms with Gasteiger partial charge in [0.1, 0.15) is 17.6 Å². The number of aromatic amines is 1. The number of H-pyrrole nitrogens is 1. The Kier molecular flexibility index (Phi) is 6.15. The first-order chi connectivity index (χ1) is 13.7. The third-order valence-electron chi connectivity index (χ3n) is 4.97. The summed E-state index contributed by atoms with van der Waals surface area (Å²) in [6, 6.07) is 14.8. The molecule has 1 aliphatic rings.